The van der Waals surface area contributed by atoms with Crippen molar-refractivity contribution in [1.29, 1.82) is 0 Å². The van der Waals surface area contributed by atoms with E-state index in [0.717, 1.165) is 12.8 Å². The Bertz CT molecular complexity index is 448. The fourth-order valence-corrected chi connectivity index (χ4v) is 3.19. The number of esters is 2. The van der Waals surface area contributed by atoms with E-state index < -0.39 is 17.4 Å². The lowest BCUT2D eigenvalue weighted by Crippen LogP contribution is -2.38. The van der Waals surface area contributed by atoms with Crippen LogP contribution in [0.15, 0.2) is 0 Å². The summed E-state index contributed by atoms with van der Waals surface area (Å²) in [7, 11) is 0. The fraction of sp³-hybridized carbons (Fsp3) is 0.923. The summed E-state index contributed by atoms with van der Waals surface area (Å²) in [6.45, 7) is 12.1. The molecule has 178 valence electrons. The minimum atomic E-state index is -1.25. The second kappa shape index (κ2) is 16.6. The first-order valence-corrected chi connectivity index (χ1v) is 12.5. The van der Waals surface area contributed by atoms with Gasteiger partial charge in [-0.1, -0.05) is 111 Å². The molecule has 4 nitrogen and oxygen atoms in total. The molecule has 0 saturated carbocycles. The normalized spacial score (nSPS) is 12.1. The van der Waals surface area contributed by atoms with Crippen molar-refractivity contribution in [3.63, 3.8) is 0 Å². The van der Waals surface area contributed by atoms with Gasteiger partial charge in [-0.05, 0) is 25.7 Å². The summed E-state index contributed by atoms with van der Waals surface area (Å²) in [6, 6.07) is 0. The standard InChI is InChI=1S/C26H50O4/c1-7-8-9-10-11-12-13-14-15-16-17-18-19-20-21-29-23(27)26(5,6)24(28)30-22-25(2,3)4/h7-22H2,1-6H3. The van der Waals surface area contributed by atoms with Crippen molar-refractivity contribution in [2.24, 2.45) is 10.8 Å². The number of ether oxygens (including phenoxy) is 2. The van der Waals surface area contributed by atoms with Crippen molar-refractivity contribution in [2.75, 3.05) is 13.2 Å². The van der Waals surface area contributed by atoms with E-state index in [1.165, 1.54) is 77.0 Å². The van der Waals surface area contributed by atoms with Crippen molar-refractivity contribution in [2.45, 2.75) is 131 Å². The van der Waals surface area contributed by atoms with Gasteiger partial charge in [0, 0.05) is 0 Å². The summed E-state index contributed by atoms with van der Waals surface area (Å²) in [5.74, 6) is -1.00. The summed E-state index contributed by atoms with van der Waals surface area (Å²) >= 11 is 0. The minimum Gasteiger partial charge on any atom is -0.465 e. The zero-order valence-electron chi connectivity index (χ0n) is 20.9. The van der Waals surface area contributed by atoms with Gasteiger partial charge in [-0.15, -0.1) is 0 Å². The molecule has 0 fully saturated rings. The maximum Gasteiger partial charge on any atom is 0.322 e. The highest BCUT2D eigenvalue weighted by Crippen LogP contribution is 2.22. The Labute approximate surface area is 186 Å². The monoisotopic (exact) mass is 426 g/mol. The molecule has 0 rings (SSSR count). The van der Waals surface area contributed by atoms with Gasteiger partial charge in [0.25, 0.3) is 0 Å². The third kappa shape index (κ3) is 15.7. The van der Waals surface area contributed by atoms with Gasteiger partial charge in [0.05, 0.1) is 13.2 Å². The van der Waals surface area contributed by atoms with Crippen molar-refractivity contribution in [3.05, 3.63) is 0 Å². The van der Waals surface area contributed by atoms with Crippen molar-refractivity contribution in [1.82, 2.24) is 0 Å². The molecule has 0 saturated heterocycles. The van der Waals surface area contributed by atoms with Gasteiger partial charge in [0.1, 0.15) is 0 Å². The minimum absolute atomic E-state index is 0.121. The Balaban J connectivity index is 3.61. The van der Waals surface area contributed by atoms with Crippen molar-refractivity contribution < 1.29 is 19.1 Å². The lowest BCUT2D eigenvalue weighted by Gasteiger charge is -2.24. The largest absolute Gasteiger partial charge is 0.465 e. The van der Waals surface area contributed by atoms with Gasteiger partial charge in [0.2, 0.25) is 0 Å². The van der Waals surface area contributed by atoms with E-state index in [2.05, 4.69) is 6.92 Å². The highest BCUT2D eigenvalue weighted by molar-refractivity contribution is 5.99. The van der Waals surface area contributed by atoms with E-state index in [1.807, 2.05) is 20.8 Å². The maximum atomic E-state index is 12.2. The van der Waals surface area contributed by atoms with Crippen LogP contribution in [0.1, 0.15) is 131 Å². The molecule has 0 aromatic carbocycles. The quantitative estimate of drug-likeness (QED) is 0.128. The number of hydrogen-bond donors (Lipinski definition) is 0. The summed E-state index contributed by atoms with van der Waals surface area (Å²) in [5, 5.41) is 0. The SMILES string of the molecule is CCCCCCCCCCCCCCCCOC(=O)C(C)(C)C(=O)OCC(C)(C)C. The van der Waals surface area contributed by atoms with Gasteiger partial charge in [-0.25, -0.2) is 0 Å². The Morgan fingerprint density at radius 2 is 0.933 bits per heavy atom. The highest BCUT2D eigenvalue weighted by atomic mass is 16.6. The summed E-state index contributed by atoms with van der Waals surface area (Å²) in [5.41, 5.74) is -1.37. The van der Waals surface area contributed by atoms with E-state index >= 15 is 0 Å². The van der Waals surface area contributed by atoms with E-state index in [1.54, 1.807) is 13.8 Å². The van der Waals surface area contributed by atoms with Crippen LogP contribution in [0.25, 0.3) is 0 Å². The van der Waals surface area contributed by atoms with Crippen molar-refractivity contribution >= 4 is 11.9 Å². The van der Waals surface area contributed by atoms with Crippen LogP contribution in [0, 0.1) is 10.8 Å². The number of carbonyl (C=O) groups excluding carboxylic acids is 2. The van der Waals surface area contributed by atoms with Crippen LogP contribution in [0.5, 0.6) is 0 Å². The molecule has 0 aromatic heterocycles. The summed E-state index contributed by atoms with van der Waals surface area (Å²) in [6.07, 6.45) is 18.1. The van der Waals surface area contributed by atoms with Crippen LogP contribution in [0.4, 0.5) is 0 Å². The molecule has 0 aliphatic carbocycles. The van der Waals surface area contributed by atoms with E-state index in [4.69, 9.17) is 9.47 Å². The Morgan fingerprint density at radius 1 is 0.567 bits per heavy atom. The molecule has 0 bridgehead atoms. The first-order valence-electron chi connectivity index (χ1n) is 12.5. The van der Waals surface area contributed by atoms with Crippen LogP contribution in [-0.4, -0.2) is 25.2 Å². The van der Waals surface area contributed by atoms with Crippen LogP contribution in [0.2, 0.25) is 0 Å². The first kappa shape index (κ1) is 28.9. The Kier molecular flexibility index (Phi) is 16.0. The van der Waals surface area contributed by atoms with Gasteiger partial charge >= 0.3 is 11.9 Å². The zero-order valence-corrected chi connectivity index (χ0v) is 20.9. The molecular formula is C26H50O4. The Hall–Kier alpha value is -1.06. The molecule has 0 spiro atoms. The molecular weight excluding hydrogens is 376 g/mol. The topological polar surface area (TPSA) is 52.6 Å². The van der Waals surface area contributed by atoms with E-state index in [0.29, 0.717) is 13.2 Å². The Morgan fingerprint density at radius 3 is 1.33 bits per heavy atom. The second-order valence-corrected chi connectivity index (χ2v) is 10.5. The van der Waals surface area contributed by atoms with Gasteiger partial charge in [-0.3, -0.25) is 9.59 Å². The molecule has 0 aliphatic heterocycles. The van der Waals surface area contributed by atoms with Gasteiger partial charge < -0.3 is 9.47 Å². The molecule has 0 N–H and O–H groups in total. The van der Waals surface area contributed by atoms with Crippen LogP contribution < -0.4 is 0 Å². The average Bonchev–Trinajstić information content (AvgIpc) is 2.68. The van der Waals surface area contributed by atoms with Crippen LogP contribution >= 0.6 is 0 Å². The number of hydrogen-bond acceptors (Lipinski definition) is 4. The third-order valence-electron chi connectivity index (χ3n) is 5.39. The predicted octanol–water partition coefficient (Wildman–Crippen LogP) is 7.63. The van der Waals surface area contributed by atoms with Gasteiger partial charge in [0.15, 0.2) is 5.41 Å². The van der Waals surface area contributed by atoms with Gasteiger partial charge in [-0.2, -0.15) is 0 Å². The molecule has 0 aliphatic rings. The van der Waals surface area contributed by atoms with E-state index in [9.17, 15) is 9.59 Å². The second-order valence-electron chi connectivity index (χ2n) is 10.5. The molecule has 4 heteroatoms. The first-order chi connectivity index (χ1) is 14.1. The predicted molar refractivity (Wildman–Crippen MR) is 125 cm³/mol. The third-order valence-corrected chi connectivity index (χ3v) is 5.39. The number of rotatable bonds is 18. The van der Waals surface area contributed by atoms with Crippen LogP contribution in [0.3, 0.4) is 0 Å². The fourth-order valence-electron chi connectivity index (χ4n) is 3.19. The molecule has 30 heavy (non-hydrogen) atoms. The number of unbranched alkanes of at least 4 members (excludes halogenated alkanes) is 13. The average molecular weight is 427 g/mol. The van der Waals surface area contributed by atoms with Crippen molar-refractivity contribution in [3.8, 4) is 0 Å². The maximum absolute atomic E-state index is 12.2. The van der Waals surface area contributed by atoms with E-state index in [-0.39, 0.29) is 5.41 Å². The van der Waals surface area contributed by atoms with Crippen LogP contribution in [-0.2, 0) is 19.1 Å². The molecule has 0 unspecified atom stereocenters. The zero-order chi connectivity index (χ0) is 22.9. The smallest absolute Gasteiger partial charge is 0.322 e. The molecule has 0 atom stereocenters. The molecule has 0 heterocycles. The molecule has 0 radical (unpaired) electrons. The molecule has 0 aromatic rings. The number of carbonyl (C=O) groups is 2. The molecule has 0 amide bonds. The summed E-state index contributed by atoms with van der Waals surface area (Å²) in [4.78, 5) is 24.4. The lowest BCUT2D eigenvalue weighted by molar-refractivity contribution is -0.171. The lowest BCUT2D eigenvalue weighted by atomic mass is 9.93. The summed E-state index contributed by atoms with van der Waals surface area (Å²) < 4.78 is 10.6. The highest BCUT2D eigenvalue weighted by Gasteiger charge is 2.39.